The lowest BCUT2D eigenvalue weighted by Gasteiger charge is -2.25. The number of rotatable bonds is 1. The molecule has 2 aromatic rings. The molecule has 6 heteroatoms. The standard InChI is InChI=1S/C9H11N5O/c10-7-6-8(12-4-11-7)14(13-9(6)15)5-2-1-3-5/h4-5H,1-3H2,(H,13,15)(H2,10,11,12). The Morgan fingerprint density at radius 2 is 2.20 bits per heavy atom. The summed E-state index contributed by atoms with van der Waals surface area (Å²) in [5.74, 6) is 0.207. The SMILES string of the molecule is Nc1ncnc2c1c(O)nn2C1CCC1. The Bertz CT molecular complexity index is 516. The lowest BCUT2D eigenvalue weighted by Crippen LogP contribution is -2.18. The van der Waals surface area contributed by atoms with Crippen LogP contribution in [0.25, 0.3) is 11.0 Å². The third kappa shape index (κ3) is 1.07. The number of hydrogen-bond acceptors (Lipinski definition) is 5. The summed E-state index contributed by atoms with van der Waals surface area (Å²) in [6.07, 6.45) is 4.77. The largest absolute Gasteiger partial charge is 0.492 e. The summed E-state index contributed by atoms with van der Waals surface area (Å²) in [7, 11) is 0. The van der Waals surface area contributed by atoms with Crippen molar-refractivity contribution in [3.63, 3.8) is 0 Å². The first kappa shape index (κ1) is 8.46. The molecule has 6 nitrogen and oxygen atoms in total. The zero-order valence-electron chi connectivity index (χ0n) is 8.09. The van der Waals surface area contributed by atoms with Crippen LogP contribution in [0.3, 0.4) is 0 Å². The molecule has 0 spiro atoms. The Morgan fingerprint density at radius 3 is 2.87 bits per heavy atom. The van der Waals surface area contributed by atoms with Gasteiger partial charge in [-0.3, -0.25) is 0 Å². The maximum atomic E-state index is 9.65. The molecule has 0 atom stereocenters. The van der Waals surface area contributed by atoms with E-state index in [1.807, 2.05) is 0 Å². The second-order valence-corrected chi connectivity index (χ2v) is 3.81. The van der Waals surface area contributed by atoms with E-state index >= 15 is 0 Å². The van der Waals surface area contributed by atoms with Gasteiger partial charge in [-0.1, -0.05) is 0 Å². The number of fused-ring (bicyclic) bond motifs is 1. The minimum absolute atomic E-state index is 0.0741. The number of anilines is 1. The fraction of sp³-hybridized carbons (Fsp3) is 0.444. The molecule has 1 saturated carbocycles. The van der Waals surface area contributed by atoms with Gasteiger partial charge in [-0.15, -0.1) is 5.10 Å². The average Bonchev–Trinajstić information content (AvgIpc) is 2.43. The van der Waals surface area contributed by atoms with Crippen molar-refractivity contribution in [2.24, 2.45) is 0 Å². The molecule has 3 rings (SSSR count). The van der Waals surface area contributed by atoms with Crippen LogP contribution in [-0.4, -0.2) is 24.9 Å². The van der Waals surface area contributed by atoms with Crippen LogP contribution < -0.4 is 5.73 Å². The number of hydrogen-bond donors (Lipinski definition) is 2. The van der Waals surface area contributed by atoms with Crippen molar-refractivity contribution < 1.29 is 5.11 Å². The van der Waals surface area contributed by atoms with Crippen LogP contribution >= 0.6 is 0 Å². The lowest BCUT2D eigenvalue weighted by atomic mass is 9.93. The zero-order valence-corrected chi connectivity index (χ0v) is 8.09. The normalized spacial score (nSPS) is 16.8. The van der Waals surface area contributed by atoms with E-state index in [0.29, 0.717) is 17.1 Å². The van der Waals surface area contributed by atoms with E-state index in [-0.39, 0.29) is 11.7 Å². The van der Waals surface area contributed by atoms with Gasteiger partial charge < -0.3 is 10.8 Å². The van der Waals surface area contributed by atoms with Gasteiger partial charge in [0.05, 0.1) is 6.04 Å². The number of aromatic nitrogens is 4. The van der Waals surface area contributed by atoms with Crippen LogP contribution in [0.15, 0.2) is 6.33 Å². The predicted molar refractivity (Wildman–Crippen MR) is 54.3 cm³/mol. The Hall–Kier alpha value is -1.85. The quantitative estimate of drug-likeness (QED) is 0.720. The molecule has 15 heavy (non-hydrogen) atoms. The fourth-order valence-electron chi connectivity index (χ4n) is 1.86. The minimum atomic E-state index is -0.0741. The summed E-state index contributed by atoms with van der Waals surface area (Å²) in [6, 6.07) is 0.350. The van der Waals surface area contributed by atoms with Crippen molar-refractivity contribution in [3.05, 3.63) is 6.33 Å². The highest BCUT2D eigenvalue weighted by Gasteiger charge is 2.25. The third-order valence-electron chi connectivity index (χ3n) is 2.92. The van der Waals surface area contributed by atoms with Crippen molar-refractivity contribution in [3.8, 4) is 5.88 Å². The van der Waals surface area contributed by atoms with Crippen molar-refractivity contribution in [2.75, 3.05) is 5.73 Å². The molecule has 0 aliphatic heterocycles. The summed E-state index contributed by atoms with van der Waals surface area (Å²) < 4.78 is 1.76. The van der Waals surface area contributed by atoms with Gasteiger partial charge in [0.1, 0.15) is 17.5 Å². The summed E-state index contributed by atoms with van der Waals surface area (Å²) in [4.78, 5) is 7.95. The Kier molecular flexibility index (Phi) is 1.59. The second-order valence-electron chi connectivity index (χ2n) is 3.81. The van der Waals surface area contributed by atoms with Gasteiger partial charge in [0.2, 0.25) is 5.88 Å². The average molecular weight is 205 g/mol. The molecule has 3 N–H and O–H groups in total. The molecule has 78 valence electrons. The van der Waals surface area contributed by atoms with Crippen LogP contribution in [0.2, 0.25) is 0 Å². The molecule has 0 bridgehead atoms. The number of aromatic hydroxyl groups is 1. The summed E-state index contributed by atoms with van der Waals surface area (Å²) >= 11 is 0. The van der Waals surface area contributed by atoms with Gasteiger partial charge in [0, 0.05) is 0 Å². The van der Waals surface area contributed by atoms with Gasteiger partial charge in [0.15, 0.2) is 5.65 Å². The van der Waals surface area contributed by atoms with E-state index in [1.165, 1.54) is 12.7 Å². The van der Waals surface area contributed by atoms with Gasteiger partial charge in [-0.05, 0) is 19.3 Å². The smallest absolute Gasteiger partial charge is 0.243 e. The molecule has 2 heterocycles. The first-order valence-electron chi connectivity index (χ1n) is 4.95. The number of nitrogens with two attached hydrogens (primary N) is 1. The molecule has 0 amide bonds. The lowest BCUT2D eigenvalue weighted by molar-refractivity contribution is 0.288. The summed E-state index contributed by atoms with van der Waals surface area (Å²) in [5, 5.41) is 14.2. The molecule has 0 radical (unpaired) electrons. The Labute approximate surface area is 85.7 Å². The number of nitrogens with zero attached hydrogens (tertiary/aromatic N) is 4. The molecule has 0 unspecified atom stereocenters. The first-order chi connectivity index (χ1) is 7.27. The van der Waals surface area contributed by atoms with E-state index in [4.69, 9.17) is 5.73 Å². The topological polar surface area (TPSA) is 89.8 Å². The van der Waals surface area contributed by atoms with Crippen molar-refractivity contribution in [1.29, 1.82) is 0 Å². The van der Waals surface area contributed by atoms with Gasteiger partial charge in [-0.25, -0.2) is 14.6 Å². The van der Waals surface area contributed by atoms with E-state index in [1.54, 1.807) is 4.68 Å². The van der Waals surface area contributed by atoms with E-state index < -0.39 is 0 Å². The van der Waals surface area contributed by atoms with Gasteiger partial charge in [-0.2, -0.15) is 0 Å². The Morgan fingerprint density at radius 1 is 1.40 bits per heavy atom. The molecule has 0 aromatic carbocycles. The van der Waals surface area contributed by atoms with Crippen molar-refractivity contribution >= 4 is 16.9 Å². The van der Waals surface area contributed by atoms with Crippen LogP contribution in [-0.2, 0) is 0 Å². The number of nitrogen functional groups attached to an aromatic ring is 1. The van der Waals surface area contributed by atoms with Crippen LogP contribution in [0, 0.1) is 0 Å². The molecule has 1 fully saturated rings. The maximum absolute atomic E-state index is 9.65. The fourth-order valence-corrected chi connectivity index (χ4v) is 1.86. The van der Waals surface area contributed by atoms with Crippen molar-refractivity contribution in [2.45, 2.75) is 25.3 Å². The first-order valence-corrected chi connectivity index (χ1v) is 4.95. The second kappa shape index (κ2) is 2.82. The maximum Gasteiger partial charge on any atom is 0.243 e. The molecule has 1 aliphatic rings. The molecular weight excluding hydrogens is 194 g/mol. The van der Waals surface area contributed by atoms with E-state index in [2.05, 4.69) is 15.1 Å². The Balaban J connectivity index is 2.27. The highest BCUT2D eigenvalue weighted by atomic mass is 16.3. The van der Waals surface area contributed by atoms with Gasteiger partial charge in [0.25, 0.3) is 0 Å². The highest BCUT2D eigenvalue weighted by molar-refractivity contribution is 5.90. The van der Waals surface area contributed by atoms with Crippen LogP contribution in [0.4, 0.5) is 5.82 Å². The predicted octanol–water partition coefficient (Wildman–Crippen LogP) is 0.839. The zero-order chi connectivity index (χ0) is 10.4. The van der Waals surface area contributed by atoms with Gasteiger partial charge >= 0.3 is 0 Å². The summed E-state index contributed by atoms with van der Waals surface area (Å²) in [6.45, 7) is 0. The van der Waals surface area contributed by atoms with Crippen LogP contribution in [0.5, 0.6) is 5.88 Å². The van der Waals surface area contributed by atoms with E-state index in [0.717, 1.165) is 12.8 Å². The molecule has 1 aliphatic carbocycles. The molecule has 0 saturated heterocycles. The van der Waals surface area contributed by atoms with Crippen molar-refractivity contribution in [1.82, 2.24) is 19.7 Å². The third-order valence-corrected chi connectivity index (χ3v) is 2.92. The highest BCUT2D eigenvalue weighted by Crippen LogP contribution is 2.36. The van der Waals surface area contributed by atoms with Crippen LogP contribution in [0.1, 0.15) is 25.3 Å². The van der Waals surface area contributed by atoms with E-state index in [9.17, 15) is 5.11 Å². The minimum Gasteiger partial charge on any atom is -0.492 e. The molecule has 2 aromatic heterocycles. The summed E-state index contributed by atoms with van der Waals surface area (Å²) in [5.41, 5.74) is 6.29. The monoisotopic (exact) mass is 205 g/mol. The molecular formula is C9H11N5O.